The Balaban J connectivity index is 0.000000921. The van der Waals surface area contributed by atoms with Gasteiger partial charge in [0, 0.05) is 29.6 Å². The van der Waals surface area contributed by atoms with E-state index in [0.717, 1.165) is 11.3 Å². The fourth-order valence-corrected chi connectivity index (χ4v) is 2.34. The number of carbonyl (C=O) groups is 2. The number of benzene rings is 2. The zero-order valence-electron chi connectivity index (χ0n) is 17.2. The van der Waals surface area contributed by atoms with Crippen molar-refractivity contribution in [1.29, 1.82) is 0 Å². The van der Waals surface area contributed by atoms with E-state index in [1.807, 2.05) is 58.0 Å². The first-order valence-electron chi connectivity index (χ1n) is 9.50. The number of rotatable bonds is 4. The minimum atomic E-state index is -0.193. The number of aromatic nitrogens is 1. The van der Waals surface area contributed by atoms with E-state index in [1.54, 1.807) is 30.3 Å². The lowest BCUT2D eigenvalue weighted by atomic mass is 10.1. The normalized spacial score (nSPS) is 9.32. The van der Waals surface area contributed by atoms with E-state index in [9.17, 15) is 9.59 Å². The van der Waals surface area contributed by atoms with Crippen molar-refractivity contribution in [1.82, 2.24) is 4.98 Å². The molecule has 0 unspecified atom stereocenters. The SMILES string of the molecule is CC.CC.CC(=O)c1ccc(-c2ccc(NC(=O)c3ccc(N)cc3)cc2)[nH]1. The van der Waals surface area contributed by atoms with Crippen LogP contribution in [-0.4, -0.2) is 16.7 Å². The highest BCUT2D eigenvalue weighted by Gasteiger charge is 2.07. The quantitative estimate of drug-likeness (QED) is 0.397. The lowest BCUT2D eigenvalue weighted by Crippen LogP contribution is -2.11. The number of nitrogens with two attached hydrogens (primary N) is 1. The summed E-state index contributed by atoms with van der Waals surface area (Å²) in [4.78, 5) is 26.6. The van der Waals surface area contributed by atoms with Gasteiger partial charge in [-0.1, -0.05) is 39.8 Å². The fraction of sp³-hybridized carbons (Fsp3) is 0.217. The molecule has 3 aromatic rings. The number of aromatic amines is 1. The third-order valence-electron chi connectivity index (χ3n) is 3.69. The molecule has 4 N–H and O–H groups in total. The second-order valence-corrected chi connectivity index (χ2v) is 5.50. The van der Waals surface area contributed by atoms with Gasteiger partial charge in [0.25, 0.3) is 5.91 Å². The monoisotopic (exact) mass is 379 g/mol. The van der Waals surface area contributed by atoms with E-state index in [2.05, 4.69) is 10.3 Å². The summed E-state index contributed by atoms with van der Waals surface area (Å²) in [6.45, 7) is 9.52. The number of hydrogen-bond acceptors (Lipinski definition) is 3. The van der Waals surface area contributed by atoms with Crippen LogP contribution < -0.4 is 11.1 Å². The van der Waals surface area contributed by atoms with Crippen LogP contribution in [0.5, 0.6) is 0 Å². The van der Waals surface area contributed by atoms with Crippen molar-refractivity contribution < 1.29 is 9.59 Å². The van der Waals surface area contributed by atoms with Crippen LogP contribution in [0, 0.1) is 0 Å². The highest BCUT2D eigenvalue weighted by atomic mass is 16.1. The zero-order valence-corrected chi connectivity index (χ0v) is 17.2. The second-order valence-electron chi connectivity index (χ2n) is 5.50. The van der Waals surface area contributed by atoms with Gasteiger partial charge in [0.2, 0.25) is 0 Å². The number of nitrogen functional groups attached to an aromatic ring is 1. The molecule has 3 rings (SSSR count). The van der Waals surface area contributed by atoms with Crippen LogP contribution in [0.2, 0.25) is 0 Å². The maximum atomic E-state index is 12.2. The van der Waals surface area contributed by atoms with E-state index in [4.69, 9.17) is 5.73 Å². The van der Waals surface area contributed by atoms with E-state index in [0.29, 0.717) is 22.6 Å². The largest absolute Gasteiger partial charge is 0.399 e. The molecule has 0 bridgehead atoms. The van der Waals surface area contributed by atoms with Crippen molar-refractivity contribution in [2.45, 2.75) is 34.6 Å². The van der Waals surface area contributed by atoms with Crippen molar-refractivity contribution in [3.8, 4) is 11.3 Å². The number of amides is 1. The minimum absolute atomic E-state index is 0.00590. The molecule has 28 heavy (non-hydrogen) atoms. The van der Waals surface area contributed by atoms with Crippen LogP contribution >= 0.6 is 0 Å². The van der Waals surface area contributed by atoms with Gasteiger partial charge in [-0.15, -0.1) is 0 Å². The van der Waals surface area contributed by atoms with Crippen molar-refractivity contribution in [3.05, 3.63) is 71.9 Å². The van der Waals surface area contributed by atoms with Gasteiger partial charge in [-0.25, -0.2) is 0 Å². The highest BCUT2D eigenvalue weighted by Crippen LogP contribution is 2.21. The Bertz CT molecular complexity index is 879. The molecule has 5 nitrogen and oxygen atoms in total. The number of ketones is 1. The molecule has 0 atom stereocenters. The summed E-state index contributed by atoms with van der Waals surface area (Å²) in [5.41, 5.74) is 9.84. The van der Waals surface area contributed by atoms with Gasteiger partial charge in [-0.3, -0.25) is 9.59 Å². The molecule has 2 aromatic carbocycles. The van der Waals surface area contributed by atoms with Crippen LogP contribution in [0.25, 0.3) is 11.3 Å². The van der Waals surface area contributed by atoms with Crippen molar-refractivity contribution in [2.75, 3.05) is 11.1 Å². The maximum Gasteiger partial charge on any atom is 0.255 e. The number of H-pyrrole nitrogens is 1. The van der Waals surface area contributed by atoms with E-state index >= 15 is 0 Å². The van der Waals surface area contributed by atoms with Gasteiger partial charge in [0.05, 0.1) is 5.69 Å². The minimum Gasteiger partial charge on any atom is -0.399 e. The Morgan fingerprint density at radius 1 is 0.821 bits per heavy atom. The zero-order chi connectivity index (χ0) is 21.1. The van der Waals surface area contributed by atoms with Crippen LogP contribution in [0.4, 0.5) is 11.4 Å². The average molecular weight is 380 g/mol. The summed E-state index contributed by atoms with van der Waals surface area (Å²) in [6.07, 6.45) is 0. The van der Waals surface area contributed by atoms with Crippen LogP contribution in [0.15, 0.2) is 60.7 Å². The Morgan fingerprint density at radius 3 is 1.89 bits per heavy atom. The van der Waals surface area contributed by atoms with Gasteiger partial charge < -0.3 is 16.0 Å². The Kier molecular flexibility index (Phi) is 9.23. The average Bonchev–Trinajstić information content (AvgIpc) is 3.23. The first-order chi connectivity index (χ1) is 13.5. The fourth-order valence-electron chi connectivity index (χ4n) is 2.34. The number of anilines is 2. The molecule has 0 spiro atoms. The maximum absolute atomic E-state index is 12.2. The summed E-state index contributed by atoms with van der Waals surface area (Å²) < 4.78 is 0. The number of carbonyl (C=O) groups excluding carboxylic acids is 2. The van der Waals surface area contributed by atoms with E-state index in [1.165, 1.54) is 6.92 Å². The molecule has 0 radical (unpaired) electrons. The van der Waals surface area contributed by atoms with Gasteiger partial charge in [0.1, 0.15) is 0 Å². The number of nitrogens with one attached hydrogen (secondary N) is 2. The van der Waals surface area contributed by atoms with Gasteiger partial charge in [0.15, 0.2) is 5.78 Å². The van der Waals surface area contributed by atoms with Crippen LogP contribution in [0.1, 0.15) is 55.5 Å². The smallest absolute Gasteiger partial charge is 0.255 e. The summed E-state index contributed by atoms with van der Waals surface area (Å²) in [5, 5.41) is 2.84. The van der Waals surface area contributed by atoms with Crippen molar-refractivity contribution in [2.24, 2.45) is 0 Å². The summed E-state index contributed by atoms with van der Waals surface area (Å²) in [7, 11) is 0. The Hall–Kier alpha value is -3.34. The molecule has 1 heterocycles. The molecule has 0 saturated carbocycles. The Morgan fingerprint density at radius 2 is 1.39 bits per heavy atom. The van der Waals surface area contributed by atoms with Gasteiger partial charge in [-0.05, 0) is 54.1 Å². The first kappa shape index (κ1) is 22.7. The summed E-state index contributed by atoms with van der Waals surface area (Å²) in [6, 6.07) is 17.8. The van der Waals surface area contributed by atoms with Crippen LogP contribution in [0.3, 0.4) is 0 Å². The molecule has 1 aromatic heterocycles. The molecular weight excluding hydrogens is 350 g/mol. The van der Waals surface area contributed by atoms with Gasteiger partial charge in [-0.2, -0.15) is 0 Å². The molecule has 1 amide bonds. The number of hydrogen-bond donors (Lipinski definition) is 3. The second kappa shape index (κ2) is 11.4. The predicted octanol–water partition coefficient (Wildman–Crippen LogP) is 5.77. The molecule has 0 aliphatic carbocycles. The molecule has 0 aliphatic heterocycles. The standard InChI is InChI=1S/C19H17N3O2.2C2H6/c1-12(23)17-10-11-18(22-17)13-4-8-16(9-5-13)21-19(24)14-2-6-15(20)7-3-14;2*1-2/h2-11,22H,20H2,1H3,(H,21,24);2*1-2H3. The van der Waals surface area contributed by atoms with Crippen molar-refractivity contribution in [3.63, 3.8) is 0 Å². The van der Waals surface area contributed by atoms with E-state index in [-0.39, 0.29) is 11.7 Å². The lowest BCUT2D eigenvalue weighted by molar-refractivity contribution is 0.101. The first-order valence-corrected chi connectivity index (χ1v) is 9.50. The predicted molar refractivity (Wildman–Crippen MR) is 118 cm³/mol. The number of Topliss-reactive ketones (excluding diaryl/α,β-unsaturated/α-hetero) is 1. The molecule has 148 valence electrons. The molecular formula is C23H29N3O2. The van der Waals surface area contributed by atoms with Crippen LogP contribution in [-0.2, 0) is 0 Å². The van der Waals surface area contributed by atoms with Gasteiger partial charge >= 0.3 is 0 Å². The molecule has 5 heteroatoms. The molecule has 0 saturated heterocycles. The molecule has 0 aliphatic rings. The molecule has 0 fully saturated rings. The lowest BCUT2D eigenvalue weighted by Gasteiger charge is -2.06. The summed E-state index contributed by atoms with van der Waals surface area (Å²) in [5.74, 6) is -0.199. The Labute approximate surface area is 167 Å². The van der Waals surface area contributed by atoms with Crippen molar-refractivity contribution >= 4 is 23.1 Å². The summed E-state index contributed by atoms with van der Waals surface area (Å²) >= 11 is 0. The third kappa shape index (κ3) is 6.13. The third-order valence-corrected chi connectivity index (χ3v) is 3.69. The topological polar surface area (TPSA) is 88.0 Å². The van der Waals surface area contributed by atoms with E-state index < -0.39 is 0 Å². The highest BCUT2D eigenvalue weighted by molar-refractivity contribution is 6.04.